The molecular weight excluding hydrogens is 253 g/mol. The molecule has 1 atom stereocenters. The molecule has 18 heavy (non-hydrogen) atoms. The standard InChI is InChI=1S/C12H14FN3OS/c13-7-1-3-10(9(5-7)12(14)18)15-6-8-2-4-11(17)16-8/h1,3,5,8,15H,2,4,6H2,(H2,14,18)(H,16,17). The summed E-state index contributed by atoms with van der Waals surface area (Å²) in [5.41, 5.74) is 6.71. The summed E-state index contributed by atoms with van der Waals surface area (Å²) in [4.78, 5) is 11.2. The maximum Gasteiger partial charge on any atom is 0.220 e. The van der Waals surface area contributed by atoms with E-state index in [4.69, 9.17) is 18.0 Å². The van der Waals surface area contributed by atoms with Crippen molar-refractivity contribution in [2.75, 3.05) is 11.9 Å². The molecule has 2 rings (SSSR count). The van der Waals surface area contributed by atoms with Crippen molar-refractivity contribution >= 4 is 28.8 Å². The molecule has 1 unspecified atom stereocenters. The quantitative estimate of drug-likeness (QED) is 0.716. The molecule has 96 valence electrons. The Morgan fingerprint density at radius 1 is 1.61 bits per heavy atom. The Kier molecular flexibility index (Phi) is 3.76. The summed E-state index contributed by atoms with van der Waals surface area (Å²) >= 11 is 4.88. The van der Waals surface area contributed by atoms with E-state index in [1.54, 1.807) is 6.07 Å². The molecule has 1 aromatic rings. The minimum absolute atomic E-state index is 0.0653. The Bertz CT molecular complexity index is 492. The Morgan fingerprint density at radius 3 is 3.00 bits per heavy atom. The molecule has 0 bridgehead atoms. The number of anilines is 1. The second kappa shape index (κ2) is 5.30. The van der Waals surface area contributed by atoms with Crippen LogP contribution in [-0.4, -0.2) is 23.5 Å². The average Bonchev–Trinajstić information content (AvgIpc) is 2.73. The molecular formula is C12H14FN3OS. The molecule has 4 N–H and O–H groups in total. The fraction of sp³-hybridized carbons (Fsp3) is 0.333. The van der Waals surface area contributed by atoms with Crippen molar-refractivity contribution in [1.29, 1.82) is 0 Å². The van der Waals surface area contributed by atoms with E-state index in [0.29, 0.717) is 24.2 Å². The summed E-state index contributed by atoms with van der Waals surface area (Å²) in [6.07, 6.45) is 1.35. The topological polar surface area (TPSA) is 67.1 Å². The zero-order chi connectivity index (χ0) is 13.1. The average molecular weight is 267 g/mol. The molecule has 0 radical (unpaired) electrons. The van der Waals surface area contributed by atoms with E-state index in [-0.39, 0.29) is 22.8 Å². The van der Waals surface area contributed by atoms with Crippen LogP contribution in [0.5, 0.6) is 0 Å². The molecule has 0 aliphatic carbocycles. The lowest BCUT2D eigenvalue weighted by Crippen LogP contribution is -2.32. The van der Waals surface area contributed by atoms with Crippen molar-refractivity contribution in [2.24, 2.45) is 5.73 Å². The number of thiocarbonyl (C=S) groups is 1. The zero-order valence-corrected chi connectivity index (χ0v) is 10.5. The van der Waals surface area contributed by atoms with Crippen LogP contribution in [0.2, 0.25) is 0 Å². The van der Waals surface area contributed by atoms with Crippen LogP contribution in [-0.2, 0) is 4.79 Å². The van der Waals surface area contributed by atoms with Crippen LogP contribution in [0.25, 0.3) is 0 Å². The third-order valence-corrected chi connectivity index (χ3v) is 3.09. The number of halogens is 1. The summed E-state index contributed by atoms with van der Waals surface area (Å²) in [5.74, 6) is -0.312. The minimum Gasteiger partial charge on any atom is -0.389 e. The maximum absolute atomic E-state index is 13.1. The lowest BCUT2D eigenvalue weighted by Gasteiger charge is -2.15. The molecule has 0 saturated carbocycles. The largest absolute Gasteiger partial charge is 0.389 e. The summed E-state index contributed by atoms with van der Waals surface area (Å²) in [7, 11) is 0. The predicted molar refractivity (Wildman–Crippen MR) is 71.9 cm³/mol. The molecule has 1 aliphatic rings. The van der Waals surface area contributed by atoms with Gasteiger partial charge in [-0.2, -0.15) is 0 Å². The highest BCUT2D eigenvalue weighted by molar-refractivity contribution is 7.80. The van der Waals surface area contributed by atoms with E-state index in [9.17, 15) is 9.18 Å². The van der Waals surface area contributed by atoms with Gasteiger partial charge < -0.3 is 16.4 Å². The second-order valence-corrected chi connectivity index (χ2v) is 4.68. The van der Waals surface area contributed by atoms with Gasteiger partial charge in [0, 0.05) is 30.3 Å². The summed E-state index contributed by atoms with van der Waals surface area (Å²) in [6, 6.07) is 4.34. The van der Waals surface area contributed by atoms with E-state index in [2.05, 4.69) is 10.6 Å². The van der Waals surface area contributed by atoms with Crippen molar-refractivity contribution in [3.8, 4) is 0 Å². The lowest BCUT2D eigenvalue weighted by molar-refractivity contribution is -0.119. The number of amides is 1. The molecule has 1 aromatic carbocycles. The van der Waals surface area contributed by atoms with Crippen LogP contribution < -0.4 is 16.4 Å². The molecule has 1 aliphatic heterocycles. The van der Waals surface area contributed by atoms with E-state index >= 15 is 0 Å². The van der Waals surface area contributed by atoms with Crippen molar-refractivity contribution in [2.45, 2.75) is 18.9 Å². The Labute approximate surface area is 110 Å². The highest BCUT2D eigenvalue weighted by Gasteiger charge is 2.20. The van der Waals surface area contributed by atoms with E-state index < -0.39 is 0 Å². The molecule has 4 nitrogen and oxygen atoms in total. The Balaban J connectivity index is 2.04. The van der Waals surface area contributed by atoms with Gasteiger partial charge in [-0.1, -0.05) is 12.2 Å². The van der Waals surface area contributed by atoms with Crippen molar-refractivity contribution < 1.29 is 9.18 Å². The first-order valence-electron chi connectivity index (χ1n) is 5.69. The summed E-state index contributed by atoms with van der Waals surface area (Å²) in [5, 5.41) is 5.98. The SMILES string of the molecule is NC(=S)c1cc(F)ccc1NCC1CCC(=O)N1. The van der Waals surface area contributed by atoms with Gasteiger partial charge in [-0.3, -0.25) is 4.79 Å². The van der Waals surface area contributed by atoms with Crippen LogP contribution in [0, 0.1) is 5.82 Å². The fourth-order valence-corrected chi connectivity index (χ4v) is 2.11. The summed E-state index contributed by atoms with van der Waals surface area (Å²) < 4.78 is 13.1. The smallest absolute Gasteiger partial charge is 0.220 e. The fourth-order valence-electron chi connectivity index (χ4n) is 1.94. The van der Waals surface area contributed by atoms with Crippen molar-refractivity contribution in [1.82, 2.24) is 5.32 Å². The molecule has 0 spiro atoms. The maximum atomic E-state index is 13.1. The monoisotopic (exact) mass is 267 g/mol. The van der Waals surface area contributed by atoms with Crippen LogP contribution >= 0.6 is 12.2 Å². The van der Waals surface area contributed by atoms with E-state index in [1.165, 1.54) is 12.1 Å². The van der Waals surface area contributed by atoms with Crippen LogP contribution in [0.1, 0.15) is 18.4 Å². The number of rotatable bonds is 4. The van der Waals surface area contributed by atoms with Gasteiger partial charge in [-0.05, 0) is 24.6 Å². The van der Waals surface area contributed by atoms with Gasteiger partial charge in [0.25, 0.3) is 0 Å². The van der Waals surface area contributed by atoms with Crippen molar-refractivity contribution in [3.05, 3.63) is 29.6 Å². The van der Waals surface area contributed by atoms with Gasteiger partial charge >= 0.3 is 0 Å². The number of carbonyl (C=O) groups excluding carboxylic acids is 1. The number of hydrogen-bond donors (Lipinski definition) is 3. The Morgan fingerprint density at radius 2 is 2.39 bits per heavy atom. The van der Waals surface area contributed by atoms with Gasteiger partial charge in [0.15, 0.2) is 0 Å². The molecule has 1 heterocycles. The molecule has 1 fully saturated rings. The second-order valence-electron chi connectivity index (χ2n) is 4.24. The lowest BCUT2D eigenvalue weighted by atomic mass is 10.1. The third kappa shape index (κ3) is 2.95. The zero-order valence-electron chi connectivity index (χ0n) is 9.70. The predicted octanol–water partition coefficient (Wildman–Crippen LogP) is 1.15. The van der Waals surface area contributed by atoms with Gasteiger partial charge in [-0.15, -0.1) is 0 Å². The van der Waals surface area contributed by atoms with Gasteiger partial charge in [0.2, 0.25) is 5.91 Å². The van der Waals surface area contributed by atoms with Crippen LogP contribution in [0.15, 0.2) is 18.2 Å². The first kappa shape index (κ1) is 12.8. The van der Waals surface area contributed by atoms with Crippen molar-refractivity contribution in [3.63, 3.8) is 0 Å². The van der Waals surface area contributed by atoms with E-state index in [1.807, 2.05) is 0 Å². The molecule has 6 heteroatoms. The highest BCUT2D eigenvalue weighted by atomic mass is 32.1. The first-order valence-corrected chi connectivity index (χ1v) is 6.09. The van der Waals surface area contributed by atoms with Gasteiger partial charge in [0.05, 0.1) is 0 Å². The number of hydrogen-bond acceptors (Lipinski definition) is 3. The number of benzene rings is 1. The third-order valence-electron chi connectivity index (χ3n) is 2.87. The molecule has 0 aromatic heterocycles. The highest BCUT2D eigenvalue weighted by Crippen LogP contribution is 2.18. The number of nitrogens with one attached hydrogen (secondary N) is 2. The normalized spacial score (nSPS) is 18.5. The van der Waals surface area contributed by atoms with Gasteiger partial charge in [0.1, 0.15) is 10.8 Å². The van der Waals surface area contributed by atoms with Gasteiger partial charge in [-0.25, -0.2) is 4.39 Å². The van der Waals surface area contributed by atoms with E-state index in [0.717, 1.165) is 6.42 Å². The van der Waals surface area contributed by atoms with Crippen LogP contribution in [0.3, 0.4) is 0 Å². The minimum atomic E-state index is -0.377. The molecule has 1 saturated heterocycles. The molecule has 1 amide bonds. The van der Waals surface area contributed by atoms with Crippen LogP contribution in [0.4, 0.5) is 10.1 Å². The summed E-state index contributed by atoms with van der Waals surface area (Å²) in [6.45, 7) is 0.576. The Hall–Kier alpha value is -1.69. The first-order chi connectivity index (χ1) is 8.56. The number of nitrogens with two attached hydrogens (primary N) is 1. The number of carbonyl (C=O) groups is 1.